The van der Waals surface area contributed by atoms with Gasteiger partial charge in [-0.05, 0) is 25.3 Å². The van der Waals surface area contributed by atoms with Crippen molar-refractivity contribution in [1.82, 2.24) is 14.9 Å². The van der Waals surface area contributed by atoms with Gasteiger partial charge < -0.3 is 20.4 Å². The quantitative estimate of drug-likeness (QED) is 0.880. The smallest absolute Gasteiger partial charge is 0.315 e. The minimum Gasteiger partial charge on any atom is -0.468 e. The summed E-state index contributed by atoms with van der Waals surface area (Å²) >= 11 is 0. The number of hydrogen-bond donors (Lipinski definition) is 2. The monoisotopic (exact) mass is 274 g/mol. The second kappa shape index (κ2) is 5.03. The Bertz CT molecular complexity index is 637. The van der Waals surface area contributed by atoms with Crippen LogP contribution in [0.3, 0.4) is 0 Å². The number of para-hydroxylation sites is 1. The van der Waals surface area contributed by atoms with E-state index in [0.717, 1.165) is 35.9 Å². The first-order chi connectivity index (χ1) is 9.70. The number of aromatic nitrogens is 2. The number of aromatic amines is 1. The molecule has 0 aliphatic carbocycles. The molecule has 106 valence electrons. The number of likely N-dealkylation sites (tertiary alicyclic amines) is 1. The molecule has 1 unspecified atom stereocenters. The topological polar surface area (TPSA) is 84.2 Å². The Labute approximate surface area is 116 Å². The Morgan fingerprint density at radius 1 is 1.50 bits per heavy atom. The van der Waals surface area contributed by atoms with E-state index in [1.165, 1.54) is 0 Å². The van der Waals surface area contributed by atoms with Gasteiger partial charge in [0.2, 0.25) is 0 Å². The van der Waals surface area contributed by atoms with Crippen LogP contribution < -0.4 is 10.5 Å². The lowest BCUT2D eigenvalue weighted by Crippen LogP contribution is -2.41. The fraction of sp³-hybridized carbons (Fsp3) is 0.429. The molecule has 0 saturated carbocycles. The van der Waals surface area contributed by atoms with Gasteiger partial charge in [0, 0.05) is 12.1 Å². The van der Waals surface area contributed by atoms with Gasteiger partial charge in [-0.2, -0.15) is 4.98 Å². The Morgan fingerprint density at radius 2 is 2.35 bits per heavy atom. The van der Waals surface area contributed by atoms with Crippen molar-refractivity contribution < 1.29 is 9.53 Å². The summed E-state index contributed by atoms with van der Waals surface area (Å²) in [5, 5.41) is 0. The minimum absolute atomic E-state index is 0.00189. The van der Waals surface area contributed by atoms with Gasteiger partial charge in [0.05, 0.1) is 24.2 Å². The highest BCUT2D eigenvalue weighted by molar-refractivity contribution is 5.81. The number of primary amides is 1. The van der Waals surface area contributed by atoms with Crippen molar-refractivity contribution in [3.05, 3.63) is 23.8 Å². The molecule has 6 heteroatoms. The van der Waals surface area contributed by atoms with E-state index < -0.39 is 0 Å². The maximum Gasteiger partial charge on any atom is 0.315 e. The van der Waals surface area contributed by atoms with Crippen molar-refractivity contribution >= 4 is 17.1 Å². The first-order valence-corrected chi connectivity index (χ1v) is 6.79. The highest BCUT2D eigenvalue weighted by Gasteiger charge is 2.28. The molecule has 1 saturated heterocycles. The van der Waals surface area contributed by atoms with E-state index in [2.05, 4.69) is 9.97 Å². The molecule has 2 heterocycles. The Balaban J connectivity index is 2.07. The number of carbonyl (C=O) groups is 1. The lowest BCUT2D eigenvalue weighted by atomic mass is 9.94. The number of carbonyl (C=O) groups excluding carboxylic acids is 1. The standard InChI is InChI=1S/C14H18N4O2/c1-20-14-16-10-6-4-5-9(12(10)17-14)11-7-2-3-8-18(11)13(15)19/h4-6,11H,2-3,7-8H2,1H3,(H2,15,19)(H,16,17). The van der Waals surface area contributed by atoms with E-state index in [0.29, 0.717) is 12.6 Å². The molecule has 2 amide bonds. The van der Waals surface area contributed by atoms with Crippen molar-refractivity contribution in [2.75, 3.05) is 13.7 Å². The number of nitrogens with one attached hydrogen (secondary N) is 1. The lowest BCUT2D eigenvalue weighted by molar-refractivity contribution is 0.160. The number of ether oxygens (including phenoxy) is 1. The van der Waals surface area contributed by atoms with Crippen LogP contribution in [0.25, 0.3) is 11.0 Å². The minimum atomic E-state index is -0.366. The Morgan fingerprint density at radius 3 is 3.10 bits per heavy atom. The lowest BCUT2D eigenvalue weighted by Gasteiger charge is -2.34. The molecule has 3 N–H and O–H groups in total. The molecule has 1 atom stereocenters. The van der Waals surface area contributed by atoms with Crippen LogP contribution in [-0.4, -0.2) is 34.6 Å². The third-order valence-electron chi connectivity index (χ3n) is 3.86. The predicted molar refractivity (Wildman–Crippen MR) is 75.5 cm³/mol. The molecule has 1 aliphatic rings. The van der Waals surface area contributed by atoms with E-state index in [1.54, 1.807) is 12.0 Å². The third kappa shape index (κ3) is 2.07. The fourth-order valence-electron chi connectivity index (χ4n) is 2.92. The summed E-state index contributed by atoms with van der Waals surface area (Å²) in [4.78, 5) is 20.9. The van der Waals surface area contributed by atoms with Crippen molar-refractivity contribution in [2.45, 2.75) is 25.3 Å². The summed E-state index contributed by atoms with van der Waals surface area (Å²) in [7, 11) is 1.58. The number of nitrogens with zero attached hydrogens (tertiary/aromatic N) is 2. The van der Waals surface area contributed by atoms with Crippen LogP contribution in [0.15, 0.2) is 18.2 Å². The molecular formula is C14H18N4O2. The molecule has 20 heavy (non-hydrogen) atoms. The maximum atomic E-state index is 11.6. The summed E-state index contributed by atoms with van der Waals surface area (Å²) in [5.74, 6) is 0. The van der Waals surface area contributed by atoms with Crippen LogP contribution in [-0.2, 0) is 0 Å². The number of nitrogens with two attached hydrogens (primary N) is 1. The van der Waals surface area contributed by atoms with E-state index in [9.17, 15) is 4.79 Å². The summed E-state index contributed by atoms with van der Waals surface area (Å²) in [5.41, 5.74) is 8.29. The summed E-state index contributed by atoms with van der Waals surface area (Å²) in [6.07, 6.45) is 3.00. The molecule has 2 aromatic rings. The molecule has 0 spiro atoms. The molecule has 6 nitrogen and oxygen atoms in total. The zero-order valence-electron chi connectivity index (χ0n) is 11.4. The average molecular weight is 274 g/mol. The third-order valence-corrected chi connectivity index (χ3v) is 3.86. The van der Waals surface area contributed by atoms with Gasteiger partial charge in [-0.1, -0.05) is 12.1 Å². The second-order valence-electron chi connectivity index (χ2n) is 5.03. The number of methoxy groups -OCH3 is 1. The molecule has 1 fully saturated rings. The van der Waals surface area contributed by atoms with Crippen LogP contribution >= 0.6 is 0 Å². The Hall–Kier alpha value is -2.24. The summed E-state index contributed by atoms with van der Waals surface area (Å²) in [6.45, 7) is 0.706. The normalized spacial score (nSPS) is 19.2. The van der Waals surface area contributed by atoms with Crippen molar-refractivity contribution in [2.24, 2.45) is 5.73 Å². The van der Waals surface area contributed by atoms with Crippen LogP contribution in [0.2, 0.25) is 0 Å². The van der Waals surface area contributed by atoms with Gasteiger partial charge in [-0.15, -0.1) is 0 Å². The highest BCUT2D eigenvalue weighted by atomic mass is 16.5. The van der Waals surface area contributed by atoms with Crippen LogP contribution in [0, 0.1) is 0 Å². The van der Waals surface area contributed by atoms with Gasteiger partial charge in [0.15, 0.2) is 0 Å². The number of amides is 2. The number of hydrogen-bond acceptors (Lipinski definition) is 3. The fourth-order valence-corrected chi connectivity index (χ4v) is 2.92. The molecule has 0 bridgehead atoms. The van der Waals surface area contributed by atoms with Gasteiger partial charge in [-0.3, -0.25) is 0 Å². The number of urea groups is 1. The van der Waals surface area contributed by atoms with E-state index in [4.69, 9.17) is 10.5 Å². The van der Waals surface area contributed by atoms with Crippen LogP contribution in [0.5, 0.6) is 6.01 Å². The number of imidazole rings is 1. The Kier molecular flexibility index (Phi) is 3.22. The van der Waals surface area contributed by atoms with E-state index in [-0.39, 0.29) is 12.1 Å². The van der Waals surface area contributed by atoms with Crippen LogP contribution in [0.4, 0.5) is 4.79 Å². The zero-order chi connectivity index (χ0) is 14.1. The molecule has 3 rings (SSSR count). The molecule has 0 radical (unpaired) electrons. The number of piperidine rings is 1. The van der Waals surface area contributed by atoms with Gasteiger partial charge in [0.1, 0.15) is 0 Å². The first kappa shape index (κ1) is 12.8. The number of fused-ring (bicyclic) bond motifs is 1. The number of rotatable bonds is 2. The van der Waals surface area contributed by atoms with Gasteiger partial charge in [-0.25, -0.2) is 4.79 Å². The van der Waals surface area contributed by atoms with E-state index in [1.807, 2.05) is 18.2 Å². The molecule has 1 aromatic carbocycles. The molecule has 1 aliphatic heterocycles. The second-order valence-corrected chi connectivity index (χ2v) is 5.03. The maximum absolute atomic E-state index is 11.6. The van der Waals surface area contributed by atoms with Crippen molar-refractivity contribution in [3.63, 3.8) is 0 Å². The van der Waals surface area contributed by atoms with Crippen molar-refractivity contribution in [1.29, 1.82) is 0 Å². The highest BCUT2D eigenvalue weighted by Crippen LogP contribution is 2.34. The number of H-pyrrole nitrogens is 1. The van der Waals surface area contributed by atoms with Gasteiger partial charge in [0.25, 0.3) is 6.01 Å². The largest absolute Gasteiger partial charge is 0.468 e. The average Bonchev–Trinajstić information content (AvgIpc) is 2.90. The molecular weight excluding hydrogens is 256 g/mol. The SMILES string of the molecule is COc1nc2c(C3CCCCN3C(N)=O)cccc2[nH]1. The number of benzene rings is 1. The first-order valence-electron chi connectivity index (χ1n) is 6.79. The van der Waals surface area contributed by atoms with Crippen molar-refractivity contribution in [3.8, 4) is 6.01 Å². The van der Waals surface area contributed by atoms with E-state index >= 15 is 0 Å². The zero-order valence-corrected chi connectivity index (χ0v) is 11.4. The summed E-state index contributed by atoms with van der Waals surface area (Å²) in [6, 6.07) is 6.03. The molecule has 1 aromatic heterocycles. The summed E-state index contributed by atoms with van der Waals surface area (Å²) < 4.78 is 5.14. The van der Waals surface area contributed by atoms with Gasteiger partial charge >= 0.3 is 6.03 Å². The van der Waals surface area contributed by atoms with Crippen LogP contribution in [0.1, 0.15) is 30.9 Å². The predicted octanol–water partition coefficient (Wildman–Crippen LogP) is 2.18.